The van der Waals surface area contributed by atoms with Crippen LogP contribution in [0.5, 0.6) is 0 Å². The summed E-state index contributed by atoms with van der Waals surface area (Å²) in [6.45, 7) is 11.6. The second-order valence-corrected chi connectivity index (χ2v) is 7.77. The molecule has 1 unspecified atom stereocenters. The molecule has 1 heterocycles. The fourth-order valence-electron chi connectivity index (χ4n) is 2.03. The smallest absolute Gasteiger partial charge is 0.274 e. The standard InChI is InChI=1S/C15H28N2O3S/c1-6-14(12(4)5)17-21(18,19)15-8-7-13(20-15)10-16-9-11(2)3/h7-8,11-12,14,16-17H,6,9-10H2,1-5H3. The van der Waals surface area contributed by atoms with Crippen LogP contribution in [-0.4, -0.2) is 21.0 Å². The summed E-state index contributed by atoms with van der Waals surface area (Å²) in [6, 6.07) is 3.14. The van der Waals surface area contributed by atoms with Crippen molar-refractivity contribution in [2.75, 3.05) is 6.54 Å². The van der Waals surface area contributed by atoms with Crippen LogP contribution < -0.4 is 10.0 Å². The van der Waals surface area contributed by atoms with Crippen LogP contribution in [0.4, 0.5) is 0 Å². The summed E-state index contributed by atoms with van der Waals surface area (Å²) in [7, 11) is -3.58. The highest BCUT2D eigenvalue weighted by Gasteiger charge is 2.24. The SMILES string of the molecule is CCC(NS(=O)(=O)c1ccc(CNCC(C)C)o1)C(C)C. The van der Waals surface area contributed by atoms with Gasteiger partial charge in [-0.1, -0.05) is 34.6 Å². The predicted octanol–water partition coefficient (Wildman–Crippen LogP) is 2.74. The number of sulfonamides is 1. The molecular weight excluding hydrogens is 288 g/mol. The van der Waals surface area contributed by atoms with Crippen molar-refractivity contribution in [2.24, 2.45) is 11.8 Å². The van der Waals surface area contributed by atoms with Crippen LogP contribution in [0.25, 0.3) is 0 Å². The molecule has 2 N–H and O–H groups in total. The van der Waals surface area contributed by atoms with Crippen molar-refractivity contribution < 1.29 is 12.8 Å². The van der Waals surface area contributed by atoms with E-state index in [0.717, 1.165) is 13.0 Å². The van der Waals surface area contributed by atoms with Gasteiger partial charge in [0, 0.05) is 6.04 Å². The molecular formula is C15H28N2O3S. The maximum absolute atomic E-state index is 12.3. The molecule has 6 heteroatoms. The quantitative estimate of drug-likeness (QED) is 0.735. The van der Waals surface area contributed by atoms with Gasteiger partial charge in [0.15, 0.2) is 0 Å². The third-order valence-electron chi connectivity index (χ3n) is 3.30. The van der Waals surface area contributed by atoms with Crippen LogP contribution in [0.2, 0.25) is 0 Å². The lowest BCUT2D eigenvalue weighted by Gasteiger charge is -2.19. The molecule has 0 aliphatic carbocycles. The summed E-state index contributed by atoms with van der Waals surface area (Å²) in [6.07, 6.45) is 0.750. The van der Waals surface area contributed by atoms with Crippen molar-refractivity contribution >= 4 is 10.0 Å². The van der Waals surface area contributed by atoms with Gasteiger partial charge in [-0.25, -0.2) is 13.1 Å². The van der Waals surface area contributed by atoms with E-state index in [9.17, 15) is 8.42 Å². The van der Waals surface area contributed by atoms with E-state index in [1.807, 2.05) is 20.8 Å². The molecule has 0 saturated heterocycles. The minimum Gasteiger partial charge on any atom is -0.447 e. The van der Waals surface area contributed by atoms with E-state index in [2.05, 4.69) is 23.9 Å². The number of furan rings is 1. The van der Waals surface area contributed by atoms with Crippen molar-refractivity contribution in [2.45, 2.75) is 58.7 Å². The van der Waals surface area contributed by atoms with Crippen LogP contribution in [0, 0.1) is 11.8 Å². The van der Waals surface area contributed by atoms with Gasteiger partial charge < -0.3 is 9.73 Å². The van der Waals surface area contributed by atoms with E-state index >= 15 is 0 Å². The highest BCUT2D eigenvalue weighted by Crippen LogP contribution is 2.16. The largest absolute Gasteiger partial charge is 0.447 e. The van der Waals surface area contributed by atoms with Crippen LogP contribution in [0.15, 0.2) is 21.6 Å². The molecule has 1 aromatic heterocycles. The van der Waals surface area contributed by atoms with Crippen LogP contribution in [0.3, 0.4) is 0 Å². The highest BCUT2D eigenvalue weighted by atomic mass is 32.2. The first-order chi connectivity index (χ1) is 9.76. The van der Waals surface area contributed by atoms with Gasteiger partial charge in [-0.05, 0) is 36.9 Å². The zero-order valence-corrected chi connectivity index (χ0v) is 14.5. The molecule has 5 nitrogen and oxygen atoms in total. The molecule has 0 aliphatic heterocycles. The monoisotopic (exact) mass is 316 g/mol. The second kappa shape index (κ2) is 7.96. The van der Waals surface area contributed by atoms with Crippen molar-refractivity contribution in [3.05, 3.63) is 17.9 Å². The predicted molar refractivity (Wildman–Crippen MR) is 84.5 cm³/mol. The molecule has 0 spiro atoms. The maximum atomic E-state index is 12.3. The molecule has 0 aromatic carbocycles. The Morgan fingerprint density at radius 3 is 2.38 bits per heavy atom. The molecule has 0 amide bonds. The summed E-state index contributed by atoms with van der Waals surface area (Å²) in [5.74, 6) is 1.42. The van der Waals surface area contributed by atoms with Gasteiger partial charge in [0.05, 0.1) is 6.54 Å². The summed E-state index contributed by atoms with van der Waals surface area (Å²) in [4.78, 5) is 0. The first-order valence-corrected chi connectivity index (χ1v) is 9.06. The number of hydrogen-bond donors (Lipinski definition) is 2. The molecule has 1 aromatic rings. The number of hydrogen-bond acceptors (Lipinski definition) is 4. The van der Waals surface area contributed by atoms with E-state index in [0.29, 0.717) is 18.2 Å². The lowest BCUT2D eigenvalue weighted by atomic mass is 10.0. The van der Waals surface area contributed by atoms with E-state index in [-0.39, 0.29) is 17.1 Å². The van der Waals surface area contributed by atoms with Gasteiger partial charge in [0.1, 0.15) is 5.76 Å². The van der Waals surface area contributed by atoms with Gasteiger partial charge in [-0.3, -0.25) is 0 Å². The van der Waals surface area contributed by atoms with E-state index in [4.69, 9.17) is 4.42 Å². The van der Waals surface area contributed by atoms with E-state index < -0.39 is 10.0 Å². The van der Waals surface area contributed by atoms with Crippen molar-refractivity contribution in [3.8, 4) is 0 Å². The van der Waals surface area contributed by atoms with Crippen LogP contribution in [-0.2, 0) is 16.6 Å². The summed E-state index contributed by atoms with van der Waals surface area (Å²) < 4.78 is 32.7. The Balaban J connectivity index is 2.69. The average Bonchev–Trinajstić information content (AvgIpc) is 2.85. The molecule has 122 valence electrons. The normalized spacial score (nSPS) is 14.0. The average molecular weight is 316 g/mol. The molecule has 0 saturated carbocycles. The van der Waals surface area contributed by atoms with E-state index in [1.165, 1.54) is 6.07 Å². The molecule has 1 rings (SSSR count). The lowest BCUT2D eigenvalue weighted by molar-refractivity contribution is 0.384. The van der Waals surface area contributed by atoms with Gasteiger partial charge in [-0.2, -0.15) is 0 Å². The molecule has 0 fully saturated rings. The topological polar surface area (TPSA) is 71.3 Å². The summed E-state index contributed by atoms with van der Waals surface area (Å²) in [5, 5.41) is 3.22. The zero-order valence-electron chi connectivity index (χ0n) is 13.6. The minimum absolute atomic E-state index is 0.0112. The summed E-state index contributed by atoms with van der Waals surface area (Å²) in [5.41, 5.74) is 0. The molecule has 0 bridgehead atoms. The Labute approximate surface area is 128 Å². The third-order valence-corrected chi connectivity index (χ3v) is 4.67. The van der Waals surface area contributed by atoms with Gasteiger partial charge in [0.2, 0.25) is 5.09 Å². The maximum Gasteiger partial charge on any atom is 0.274 e. The lowest BCUT2D eigenvalue weighted by Crippen LogP contribution is -2.37. The molecule has 0 aliphatic rings. The second-order valence-electron chi connectivity index (χ2n) is 6.13. The first-order valence-electron chi connectivity index (χ1n) is 7.58. The molecule has 1 atom stereocenters. The molecule has 0 radical (unpaired) electrons. The van der Waals surface area contributed by atoms with Gasteiger partial charge in [-0.15, -0.1) is 0 Å². The molecule has 21 heavy (non-hydrogen) atoms. The Kier molecular flexibility index (Phi) is 6.90. The number of nitrogens with one attached hydrogen (secondary N) is 2. The third kappa shape index (κ3) is 5.80. The Morgan fingerprint density at radius 1 is 1.19 bits per heavy atom. The van der Waals surface area contributed by atoms with Crippen LogP contribution >= 0.6 is 0 Å². The Hall–Kier alpha value is -0.850. The van der Waals surface area contributed by atoms with E-state index in [1.54, 1.807) is 6.07 Å². The van der Waals surface area contributed by atoms with Crippen LogP contribution in [0.1, 0.15) is 46.8 Å². The van der Waals surface area contributed by atoms with Gasteiger partial charge >= 0.3 is 0 Å². The Morgan fingerprint density at radius 2 is 1.86 bits per heavy atom. The zero-order chi connectivity index (χ0) is 16.0. The van der Waals surface area contributed by atoms with Crippen molar-refractivity contribution in [3.63, 3.8) is 0 Å². The minimum atomic E-state index is -3.58. The first kappa shape index (κ1) is 18.2. The van der Waals surface area contributed by atoms with Crippen molar-refractivity contribution in [1.29, 1.82) is 0 Å². The fraction of sp³-hybridized carbons (Fsp3) is 0.733. The van der Waals surface area contributed by atoms with Gasteiger partial charge in [0.25, 0.3) is 10.0 Å². The fourth-order valence-corrected chi connectivity index (χ4v) is 3.45. The van der Waals surface area contributed by atoms with Crippen molar-refractivity contribution in [1.82, 2.24) is 10.0 Å². The highest BCUT2D eigenvalue weighted by molar-refractivity contribution is 7.89. The summed E-state index contributed by atoms with van der Waals surface area (Å²) >= 11 is 0. The number of rotatable bonds is 9. The Bertz CT molecular complexity index is 521.